The van der Waals surface area contributed by atoms with E-state index in [1.54, 1.807) is 13.8 Å². The monoisotopic (exact) mass is 228 g/mol. The van der Waals surface area contributed by atoms with Gasteiger partial charge in [0.05, 0.1) is 6.42 Å². The third kappa shape index (κ3) is 2.56. The van der Waals surface area contributed by atoms with E-state index < -0.39 is 23.0 Å². The maximum Gasteiger partial charge on any atom is 0.304 e. The molecule has 1 rings (SSSR count). The number of benzene rings is 1. The van der Waals surface area contributed by atoms with Crippen molar-refractivity contribution >= 4 is 5.97 Å². The molecule has 0 heterocycles. The third-order valence-corrected chi connectivity index (χ3v) is 2.57. The average Bonchev–Trinajstić information content (AvgIpc) is 2.08. The topological polar surface area (TPSA) is 37.3 Å². The minimum Gasteiger partial charge on any atom is -0.481 e. The fourth-order valence-corrected chi connectivity index (χ4v) is 1.65. The Kier molecular flexibility index (Phi) is 3.31. The zero-order valence-corrected chi connectivity index (χ0v) is 9.47. The normalized spacial score (nSPS) is 11.6. The van der Waals surface area contributed by atoms with E-state index in [4.69, 9.17) is 5.11 Å². The Hall–Kier alpha value is -1.45. The molecule has 16 heavy (non-hydrogen) atoms. The van der Waals surface area contributed by atoms with Crippen LogP contribution in [0.15, 0.2) is 12.1 Å². The van der Waals surface area contributed by atoms with Crippen LogP contribution in [0.25, 0.3) is 0 Å². The van der Waals surface area contributed by atoms with Crippen LogP contribution in [0.4, 0.5) is 8.78 Å². The molecule has 0 amide bonds. The van der Waals surface area contributed by atoms with Gasteiger partial charge >= 0.3 is 5.97 Å². The van der Waals surface area contributed by atoms with Gasteiger partial charge < -0.3 is 5.11 Å². The van der Waals surface area contributed by atoms with Crippen molar-refractivity contribution in [3.05, 3.63) is 34.9 Å². The summed E-state index contributed by atoms with van der Waals surface area (Å²) in [6.45, 7) is 4.77. The van der Waals surface area contributed by atoms with Crippen LogP contribution in [0.3, 0.4) is 0 Å². The van der Waals surface area contributed by atoms with Crippen molar-refractivity contribution in [1.82, 2.24) is 0 Å². The van der Waals surface area contributed by atoms with Crippen LogP contribution < -0.4 is 0 Å². The molecule has 1 aromatic carbocycles. The van der Waals surface area contributed by atoms with Crippen LogP contribution in [-0.4, -0.2) is 11.1 Å². The smallest absolute Gasteiger partial charge is 0.304 e. The molecule has 0 bridgehead atoms. The largest absolute Gasteiger partial charge is 0.481 e. The van der Waals surface area contributed by atoms with Gasteiger partial charge in [-0.05, 0) is 24.1 Å². The van der Waals surface area contributed by atoms with Crippen LogP contribution in [0.5, 0.6) is 0 Å². The summed E-state index contributed by atoms with van der Waals surface area (Å²) < 4.78 is 26.6. The molecule has 0 aliphatic rings. The molecule has 1 aromatic rings. The molecule has 0 aliphatic heterocycles. The first kappa shape index (κ1) is 12.6. The van der Waals surface area contributed by atoms with Crippen LogP contribution in [0.2, 0.25) is 0 Å². The molecule has 0 radical (unpaired) electrons. The minimum atomic E-state index is -1.01. The lowest BCUT2D eigenvalue weighted by molar-refractivity contribution is -0.138. The number of aryl methyl sites for hydroxylation is 1. The molecule has 0 spiro atoms. The Bertz CT molecular complexity index is 425. The molecule has 2 nitrogen and oxygen atoms in total. The molecule has 0 aromatic heterocycles. The summed E-state index contributed by atoms with van der Waals surface area (Å²) in [5.74, 6) is -2.33. The summed E-state index contributed by atoms with van der Waals surface area (Å²) in [7, 11) is 0. The fourth-order valence-electron chi connectivity index (χ4n) is 1.65. The Labute approximate surface area is 92.9 Å². The van der Waals surface area contributed by atoms with Crippen molar-refractivity contribution in [2.45, 2.75) is 32.6 Å². The van der Waals surface area contributed by atoms with Crippen molar-refractivity contribution in [1.29, 1.82) is 0 Å². The highest BCUT2D eigenvalue weighted by Gasteiger charge is 2.27. The first-order chi connectivity index (χ1) is 7.24. The first-order valence-electron chi connectivity index (χ1n) is 4.92. The van der Waals surface area contributed by atoms with Gasteiger partial charge in [0.25, 0.3) is 0 Å². The van der Waals surface area contributed by atoms with Gasteiger partial charge in [0, 0.05) is 11.5 Å². The lowest BCUT2D eigenvalue weighted by Gasteiger charge is -2.24. The van der Waals surface area contributed by atoms with Crippen LogP contribution in [-0.2, 0) is 10.2 Å². The SMILES string of the molecule is Cc1cc(C(C)(C)CC(=O)O)c(F)cc1F. The number of halogens is 2. The molecule has 88 valence electrons. The number of carbonyl (C=O) groups is 1. The number of carboxylic acid groups (broad SMARTS) is 1. The van der Waals surface area contributed by atoms with E-state index in [1.807, 2.05) is 0 Å². The van der Waals surface area contributed by atoms with Gasteiger partial charge in [-0.2, -0.15) is 0 Å². The summed E-state index contributed by atoms with van der Waals surface area (Å²) in [4.78, 5) is 10.7. The number of carboxylic acids is 1. The van der Waals surface area contributed by atoms with Gasteiger partial charge in [0.1, 0.15) is 11.6 Å². The molecule has 4 heteroatoms. The Morgan fingerprint density at radius 2 is 1.88 bits per heavy atom. The van der Waals surface area contributed by atoms with Crippen LogP contribution in [0.1, 0.15) is 31.4 Å². The van der Waals surface area contributed by atoms with E-state index in [1.165, 1.54) is 13.0 Å². The van der Waals surface area contributed by atoms with Gasteiger partial charge in [-0.1, -0.05) is 13.8 Å². The summed E-state index contributed by atoms with van der Waals surface area (Å²) in [5.41, 5.74) is -0.308. The molecular formula is C12H14F2O2. The van der Waals surface area contributed by atoms with Gasteiger partial charge in [-0.15, -0.1) is 0 Å². The molecule has 0 unspecified atom stereocenters. The van der Waals surface area contributed by atoms with E-state index in [-0.39, 0.29) is 12.0 Å². The number of aliphatic carboxylic acids is 1. The zero-order valence-electron chi connectivity index (χ0n) is 9.47. The second-order valence-electron chi connectivity index (χ2n) is 4.54. The van der Waals surface area contributed by atoms with Crippen LogP contribution in [0, 0.1) is 18.6 Å². The second kappa shape index (κ2) is 4.20. The van der Waals surface area contributed by atoms with Gasteiger partial charge in [-0.3, -0.25) is 4.79 Å². The van der Waals surface area contributed by atoms with Crippen molar-refractivity contribution in [3.63, 3.8) is 0 Å². The molecular weight excluding hydrogens is 214 g/mol. The number of hydrogen-bond donors (Lipinski definition) is 1. The molecule has 1 N–H and O–H groups in total. The number of hydrogen-bond acceptors (Lipinski definition) is 1. The van der Waals surface area contributed by atoms with Crippen molar-refractivity contribution < 1.29 is 18.7 Å². The molecule has 0 fully saturated rings. The predicted molar refractivity (Wildman–Crippen MR) is 56.4 cm³/mol. The summed E-state index contributed by atoms with van der Waals surface area (Å²) in [5, 5.41) is 8.73. The first-order valence-corrected chi connectivity index (χ1v) is 4.92. The number of rotatable bonds is 3. The zero-order chi connectivity index (χ0) is 12.5. The van der Waals surface area contributed by atoms with E-state index in [0.29, 0.717) is 5.56 Å². The Morgan fingerprint density at radius 1 is 1.31 bits per heavy atom. The maximum absolute atomic E-state index is 13.5. The fraction of sp³-hybridized carbons (Fsp3) is 0.417. The van der Waals surface area contributed by atoms with E-state index in [0.717, 1.165) is 6.07 Å². The molecule has 0 atom stereocenters. The highest BCUT2D eigenvalue weighted by atomic mass is 19.1. The third-order valence-electron chi connectivity index (χ3n) is 2.57. The summed E-state index contributed by atoms with van der Waals surface area (Å²) in [6, 6.07) is 2.17. The van der Waals surface area contributed by atoms with Gasteiger partial charge in [0.15, 0.2) is 0 Å². The minimum absolute atomic E-state index is 0.199. The average molecular weight is 228 g/mol. The molecule has 0 aliphatic carbocycles. The standard InChI is InChI=1S/C12H14F2O2/c1-7-4-8(10(14)5-9(7)13)12(2,3)6-11(15)16/h4-5H,6H2,1-3H3,(H,15,16). The van der Waals surface area contributed by atoms with E-state index in [9.17, 15) is 13.6 Å². The maximum atomic E-state index is 13.5. The Balaban J connectivity index is 3.22. The predicted octanol–water partition coefficient (Wildman–Crippen LogP) is 3.03. The van der Waals surface area contributed by atoms with Crippen molar-refractivity contribution in [3.8, 4) is 0 Å². The Morgan fingerprint density at radius 3 is 2.38 bits per heavy atom. The van der Waals surface area contributed by atoms with Crippen molar-refractivity contribution in [2.75, 3.05) is 0 Å². The van der Waals surface area contributed by atoms with Crippen LogP contribution >= 0.6 is 0 Å². The quantitative estimate of drug-likeness (QED) is 0.863. The lowest BCUT2D eigenvalue weighted by atomic mass is 9.80. The second-order valence-corrected chi connectivity index (χ2v) is 4.54. The highest BCUT2D eigenvalue weighted by molar-refractivity contribution is 5.69. The highest BCUT2D eigenvalue weighted by Crippen LogP contribution is 2.30. The molecule has 0 saturated carbocycles. The summed E-state index contributed by atoms with van der Waals surface area (Å²) >= 11 is 0. The van der Waals surface area contributed by atoms with Gasteiger partial charge in [-0.25, -0.2) is 8.78 Å². The van der Waals surface area contributed by atoms with Gasteiger partial charge in [0.2, 0.25) is 0 Å². The summed E-state index contributed by atoms with van der Waals surface area (Å²) in [6.07, 6.45) is -0.199. The molecule has 0 saturated heterocycles. The lowest BCUT2D eigenvalue weighted by Crippen LogP contribution is -2.23. The van der Waals surface area contributed by atoms with E-state index >= 15 is 0 Å². The van der Waals surface area contributed by atoms with E-state index in [2.05, 4.69) is 0 Å². The van der Waals surface area contributed by atoms with Crippen molar-refractivity contribution in [2.24, 2.45) is 0 Å².